The molecule has 10 nitrogen and oxygen atoms in total. The lowest BCUT2D eigenvalue weighted by Crippen LogP contribution is -2.72. The minimum absolute atomic E-state index is 0.00297. The Hall–Kier alpha value is -3.15. The van der Waals surface area contributed by atoms with Crippen molar-refractivity contribution >= 4 is 17.7 Å². The van der Waals surface area contributed by atoms with Gasteiger partial charge in [0.1, 0.15) is 11.5 Å². The van der Waals surface area contributed by atoms with Gasteiger partial charge >= 0.3 is 11.9 Å². The minimum atomic E-state index is -1.90. The molecule has 5 fully saturated rings. The average Bonchev–Trinajstić information content (AvgIpc) is 3.59. The molecule has 5 aliphatic rings. The molecule has 2 aromatic carbocycles. The first kappa shape index (κ1) is 26.7. The van der Waals surface area contributed by atoms with E-state index in [1.807, 2.05) is 60.7 Å². The molecule has 0 amide bonds. The fourth-order valence-corrected chi connectivity index (χ4v) is 8.17. The van der Waals surface area contributed by atoms with E-state index in [0.717, 1.165) is 11.1 Å². The summed E-state index contributed by atoms with van der Waals surface area (Å²) in [4.78, 5) is 41.2. The van der Waals surface area contributed by atoms with Crippen molar-refractivity contribution in [1.82, 2.24) is 0 Å². The summed E-state index contributed by atoms with van der Waals surface area (Å²) in [7, 11) is 2.59. The van der Waals surface area contributed by atoms with E-state index >= 15 is 0 Å². The van der Waals surface area contributed by atoms with Crippen molar-refractivity contribution in [2.24, 2.45) is 22.7 Å². The second-order valence-corrected chi connectivity index (χ2v) is 11.5. The van der Waals surface area contributed by atoms with E-state index in [9.17, 15) is 14.4 Å². The lowest BCUT2D eigenvalue weighted by Gasteiger charge is -2.61. The second kappa shape index (κ2) is 9.71. The highest BCUT2D eigenvalue weighted by Crippen LogP contribution is 2.71. The maximum Gasteiger partial charge on any atom is 0.366 e. The molecule has 2 saturated carbocycles. The molecule has 2 aliphatic carbocycles. The van der Waals surface area contributed by atoms with E-state index in [2.05, 4.69) is 0 Å². The second-order valence-electron chi connectivity index (χ2n) is 11.5. The molecular weight excluding hydrogens is 532 g/mol. The Labute approximate surface area is 237 Å². The first-order valence-corrected chi connectivity index (χ1v) is 13.9. The van der Waals surface area contributed by atoms with Crippen LogP contribution in [0.5, 0.6) is 0 Å². The van der Waals surface area contributed by atoms with Gasteiger partial charge in [-0.1, -0.05) is 60.7 Å². The number of esters is 2. The highest BCUT2D eigenvalue weighted by Gasteiger charge is 2.83. The Bertz CT molecular complexity index is 1350. The van der Waals surface area contributed by atoms with Crippen LogP contribution in [0, 0.1) is 22.7 Å². The zero-order valence-electron chi connectivity index (χ0n) is 22.9. The van der Waals surface area contributed by atoms with Crippen LogP contribution in [0.2, 0.25) is 0 Å². The Balaban J connectivity index is 1.37. The van der Waals surface area contributed by atoms with Crippen LogP contribution in [0.25, 0.3) is 0 Å². The summed E-state index contributed by atoms with van der Waals surface area (Å²) in [5.41, 5.74) is -0.713. The van der Waals surface area contributed by atoms with Crippen LogP contribution < -0.4 is 0 Å². The number of carbonyl (C=O) groups excluding carboxylic acids is 3. The zero-order valence-corrected chi connectivity index (χ0v) is 22.9. The van der Waals surface area contributed by atoms with Crippen molar-refractivity contribution in [3.63, 3.8) is 0 Å². The summed E-state index contributed by atoms with van der Waals surface area (Å²) in [6.45, 7) is -0.00539. The third-order valence-corrected chi connectivity index (χ3v) is 9.89. The van der Waals surface area contributed by atoms with Crippen LogP contribution in [0.3, 0.4) is 0 Å². The van der Waals surface area contributed by atoms with E-state index < -0.39 is 65.0 Å². The third kappa shape index (κ3) is 3.58. The molecule has 1 spiro atoms. The van der Waals surface area contributed by atoms with E-state index in [1.165, 1.54) is 14.2 Å². The fraction of sp³-hybridized carbons (Fsp3) is 0.516. The highest BCUT2D eigenvalue weighted by atomic mass is 16.7. The number of Topliss-reactive ketones (excluding diaryl/α,β-unsaturated/α-hetero) is 1. The molecule has 41 heavy (non-hydrogen) atoms. The molecule has 9 atom stereocenters. The van der Waals surface area contributed by atoms with Gasteiger partial charge < -0.3 is 33.2 Å². The smallest absolute Gasteiger partial charge is 0.366 e. The summed E-state index contributed by atoms with van der Waals surface area (Å²) in [6.07, 6.45) is -2.61. The molecule has 216 valence electrons. The predicted molar refractivity (Wildman–Crippen MR) is 139 cm³/mol. The Morgan fingerprint density at radius 2 is 1.59 bits per heavy atom. The first-order valence-electron chi connectivity index (χ1n) is 13.9. The van der Waals surface area contributed by atoms with Crippen molar-refractivity contribution in [1.29, 1.82) is 0 Å². The summed E-state index contributed by atoms with van der Waals surface area (Å²) in [5, 5.41) is 0. The highest BCUT2D eigenvalue weighted by molar-refractivity contribution is 5.91. The minimum Gasteiger partial charge on any atom is -0.468 e. The molecule has 10 heteroatoms. The number of methoxy groups -OCH3 is 2. The summed E-state index contributed by atoms with van der Waals surface area (Å²) >= 11 is 0. The quantitative estimate of drug-likeness (QED) is 0.485. The monoisotopic (exact) mass is 564 g/mol. The van der Waals surface area contributed by atoms with Gasteiger partial charge in [-0.05, 0) is 5.56 Å². The lowest BCUT2D eigenvalue weighted by molar-refractivity contribution is -0.339. The Morgan fingerprint density at radius 3 is 2.29 bits per heavy atom. The summed E-state index contributed by atoms with van der Waals surface area (Å²) in [5.74, 6) is -4.92. The maximum absolute atomic E-state index is 13.8. The molecule has 2 bridgehead atoms. The van der Waals surface area contributed by atoms with Crippen molar-refractivity contribution < 1.29 is 47.5 Å². The molecule has 7 rings (SSSR count). The van der Waals surface area contributed by atoms with Gasteiger partial charge in [0, 0.05) is 35.7 Å². The number of hydrogen-bond donors (Lipinski definition) is 0. The van der Waals surface area contributed by atoms with Gasteiger partial charge in [-0.3, -0.25) is 9.59 Å². The zero-order chi connectivity index (χ0) is 28.4. The molecule has 3 heterocycles. The van der Waals surface area contributed by atoms with Crippen LogP contribution in [-0.2, 0) is 54.1 Å². The van der Waals surface area contributed by atoms with Gasteiger partial charge in [0.15, 0.2) is 12.1 Å². The molecular formula is C31H32O10. The summed E-state index contributed by atoms with van der Waals surface area (Å²) in [6, 6.07) is 18.9. The van der Waals surface area contributed by atoms with Gasteiger partial charge in [0.2, 0.25) is 0 Å². The largest absolute Gasteiger partial charge is 0.468 e. The van der Waals surface area contributed by atoms with Crippen LogP contribution in [-0.4, -0.2) is 69.3 Å². The van der Waals surface area contributed by atoms with Gasteiger partial charge in [0.05, 0.1) is 46.2 Å². The van der Waals surface area contributed by atoms with Crippen LogP contribution >= 0.6 is 0 Å². The summed E-state index contributed by atoms with van der Waals surface area (Å²) < 4.78 is 42.7. The number of ether oxygens (including phenoxy) is 7. The number of rotatable bonds is 6. The van der Waals surface area contributed by atoms with Gasteiger partial charge in [-0.15, -0.1) is 0 Å². The maximum atomic E-state index is 13.8. The first-order chi connectivity index (χ1) is 19.9. The van der Waals surface area contributed by atoms with Crippen molar-refractivity contribution in [2.45, 2.75) is 49.8 Å². The average molecular weight is 565 g/mol. The van der Waals surface area contributed by atoms with Crippen LogP contribution in [0.1, 0.15) is 30.3 Å². The van der Waals surface area contributed by atoms with E-state index in [1.54, 1.807) is 0 Å². The fourth-order valence-electron chi connectivity index (χ4n) is 8.17. The van der Waals surface area contributed by atoms with Gasteiger partial charge in [0.25, 0.3) is 5.79 Å². The molecule has 0 unspecified atom stereocenters. The molecule has 0 N–H and O–H groups in total. The standard InChI is InChI=1S/C31H32O10/c1-35-27(33)30-16-37-24-20(32)13-21-29(25(24)30,22-14-23(30)41-26(40-22)19-11-7-4-8-12-19)17-39-31(21,28(34)36-2)38-15-18-9-5-3-6-10-18/h3-12,21-26H,13-17H2,1-2H3/t21-,22-,23+,24-,25+,26+,29-,30-,31+/m0/s1. The number of ketones is 1. The third-order valence-electron chi connectivity index (χ3n) is 9.89. The molecule has 0 radical (unpaired) electrons. The number of carbonyl (C=O) groups is 3. The van der Waals surface area contributed by atoms with Gasteiger partial charge in [-0.25, -0.2) is 4.79 Å². The van der Waals surface area contributed by atoms with Crippen LogP contribution in [0.4, 0.5) is 0 Å². The number of benzene rings is 2. The van der Waals surface area contributed by atoms with Crippen molar-refractivity contribution in [3.05, 3.63) is 71.8 Å². The number of fused-ring (bicyclic) bond motifs is 3. The van der Waals surface area contributed by atoms with E-state index in [4.69, 9.17) is 33.2 Å². The molecule has 3 aliphatic heterocycles. The van der Waals surface area contributed by atoms with Gasteiger partial charge in [-0.2, -0.15) is 0 Å². The normalized spacial score (nSPS) is 40.4. The van der Waals surface area contributed by atoms with Crippen LogP contribution in [0.15, 0.2) is 60.7 Å². The topological polar surface area (TPSA) is 116 Å². The lowest BCUT2D eigenvalue weighted by atomic mass is 9.44. The number of hydrogen-bond acceptors (Lipinski definition) is 10. The molecule has 3 saturated heterocycles. The molecule has 2 aromatic rings. The van der Waals surface area contributed by atoms with Crippen molar-refractivity contribution in [3.8, 4) is 0 Å². The Morgan fingerprint density at radius 1 is 0.902 bits per heavy atom. The SMILES string of the molecule is COC(=O)[C@]1(OCc2ccccc2)OC[C@@]23[C@@H]4C[C@@H](O[C@H](c5ccccc5)O4)[C@@]4(C(=O)OC)CO[C@@H](C(=O)C[C@H]12)[C@@H]43. The predicted octanol–water partition coefficient (Wildman–Crippen LogP) is 2.74. The van der Waals surface area contributed by atoms with E-state index in [-0.39, 0.29) is 32.0 Å². The molecule has 0 aromatic heterocycles. The van der Waals surface area contributed by atoms with Crippen molar-refractivity contribution in [2.75, 3.05) is 27.4 Å². The Kier molecular flexibility index (Phi) is 6.33. The van der Waals surface area contributed by atoms with E-state index in [0.29, 0.717) is 6.42 Å².